The van der Waals surface area contributed by atoms with Gasteiger partial charge >= 0.3 is 0 Å². The molecule has 1 saturated heterocycles. The Morgan fingerprint density at radius 2 is 1.94 bits per heavy atom. The molecule has 5 rings (SSSR count). The van der Waals surface area contributed by atoms with E-state index in [0.717, 1.165) is 12.1 Å². The molecule has 0 spiro atoms. The molecule has 31 heavy (non-hydrogen) atoms. The van der Waals surface area contributed by atoms with Gasteiger partial charge in [0, 0.05) is 23.8 Å². The highest BCUT2D eigenvalue weighted by atomic mass is 16.2. The van der Waals surface area contributed by atoms with Crippen LogP contribution in [0.5, 0.6) is 0 Å². The number of unbranched alkanes of at least 4 members (excludes halogenated alkanes) is 1. The van der Waals surface area contributed by atoms with Crippen LogP contribution in [0.3, 0.4) is 0 Å². The van der Waals surface area contributed by atoms with E-state index in [1.807, 2.05) is 6.08 Å². The third-order valence-electron chi connectivity index (χ3n) is 6.56. The van der Waals surface area contributed by atoms with Crippen molar-refractivity contribution in [1.29, 1.82) is 0 Å². The smallest absolute Gasteiger partial charge is 0.273 e. The molecule has 2 aromatic heterocycles. The van der Waals surface area contributed by atoms with E-state index < -0.39 is 0 Å². The van der Waals surface area contributed by atoms with Crippen molar-refractivity contribution in [2.45, 2.75) is 57.8 Å². The molecule has 0 bridgehead atoms. The Morgan fingerprint density at radius 3 is 2.68 bits per heavy atom. The van der Waals surface area contributed by atoms with Gasteiger partial charge in [0.25, 0.3) is 5.91 Å². The Hall–Kier alpha value is -2.80. The summed E-state index contributed by atoms with van der Waals surface area (Å²) < 4.78 is 0. The fourth-order valence-electron chi connectivity index (χ4n) is 4.83. The van der Waals surface area contributed by atoms with Gasteiger partial charge in [0.1, 0.15) is 5.71 Å². The van der Waals surface area contributed by atoms with Crippen molar-refractivity contribution in [2.75, 3.05) is 19.6 Å². The molecule has 2 aromatic rings. The zero-order chi connectivity index (χ0) is 21.2. The summed E-state index contributed by atoms with van der Waals surface area (Å²) in [4.78, 5) is 27.2. The highest BCUT2D eigenvalue weighted by Crippen LogP contribution is 2.45. The van der Waals surface area contributed by atoms with Gasteiger partial charge in [-0.05, 0) is 101 Å². The lowest BCUT2D eigenvalue weighted by Gasteiger charge is -2.14. The van der Waals surface area contributed by atoms with Crippen LogP contribution in [0.1, 0.15) is 72.8 Å². The lowest BCUT2D eigenvalue weighted by molar-refractivity contribution is -0.116. The number of likely N-dealkylation sites (tertiary alicyclic amines) is 1. The highest BCUT2D eigenvalue weighted by molar-refractivity contribution is 6.32. The van der Waals surface area contributed by atoms with E-state index in [2.05, 4.69) is 37.3 Å². The Bertz CT molecular complexity index is 1010. The van der Waals surface area contributed by atoms with Crippen molar-refractivity contribution < 1.29 is 4.79 Å². The Morgan fingerprint density at radius 1 is 1.16 bits per heavy atom. The number of amides is 1. The molecular weight excluding hydrogens is 388 g/mol. The molecule has 2 aliphatic heterocycles. The second-order valence-electron chi connectivity index (χ2n) is 8.87. The number of hydrogen-bond donors (Lipinski definition) is 2. The van der Waals surface area contributed by atoms with Gasteiger partial charge in [0.15, 0.2) is 5.82 Å². The van der Waals surface area contributed by atoms with Gasteiger partial charge in [-0.25, -0.2) is 15.4 Å². The van der Waals surface area contributed by atoms with Gasteiger partial charge in [-0.2, -0.15) is 5.10 Å². The average molecular weight is 419 g/mol. The molecule has 162 valence electrons. The number of hydrazone groups is 1. The molecule has 0 aromatic carbocycles. The monoisotopic (exact) mass is 418 g/mol. The predicted octanol–water partition coefficient (Wildman–Crippen LogP) is 3.33. The second kappa shape index (κ2) is 8.75. The fourth-order valence-corrected chi connectivity index (χ4v) is 4.83. The van der Waals surface area contributed by atoms with E-state index in [4.69, 9.17) is 0 Å². The van der Waals surface area contributed by atoms with Gasteiger partial charge in [0.05, 0.1) is 5.57 Å². The maximum atomic E-state index is 12.5. The summed E-state index contributed by atoms with van der Waals surface area (Å²) in [5, 5.41) is 4.19. The summed E-state index contributed by atoms with van der Waals surface area (Å²) in [5.41, 5.74) is 8.73. The molecule has 1 saturated carbocycles. The predicted molar refractivity (Wildman–Crippen MR) is 121 cm³/mol. The number of aromatic amines is 1. The topological polar surface area (TPSA) is 86.3 Å². The third-order valence-corrected chi connectivity index (χ3v) is 6.56. The van der Waals surface area contributed by atoms with Crippen LogP contribution >= 0.6 is 0 Å². The van der Waals surface area contributed by atoms with Crippen molar-refractivity contribution in [3.63, 3.8) is 0 Å². The first-order valence-electron chi connectivity index (χ1n) is 11.5. The largest absolute Gasteiger partial charge is 0.359 e. The SMILES string of the molecule is Cc1[nH]c(/C=C2/C(=O)NN=C2c2ncccn2)c(C2CC2)c1CCCCN1CCCC1. The number of aryl methyl sites for hydroxylation is 1. The van der Waals surface area contributed by atoms with E-state index in [1.54, 1.807) is 18.5 Å². The highest BCUT2D eigenvalue weighted by Gasteiger charge is 2.32. The standard InChI is InChI=1S/C24H30N6O/c1-16-18(7-2-3-12-30-13-4-5-14-30)21(17-8-9-17)20(27-16)15-19-22(28-29-24(19)31)23-25-10-6-11-26-23/h6,10-11,15,17,27H,2-5,7-9,12-14H2,1H3,(H,29,31)/b19-15+. The first kappa shape index (κ1) is 20.1. The van der Waals surface area contributed by atoms with Crippen LogP contribution in [-0.4, -0.2) is 51.1 Å². The molecule has 3 aliphatic rings. The van der Waals surface area contributed by atoms with Crippen LogP contribution in [0, 0.1) is 6.92 Å². The molecule has 0 atom stereocenters. The quantitative estimate of drug-likeness (QED) is 0.509. The lowest BCUT2D eigenvalue weighted by Crippen LogP contribution is -2.20. The number of hydrogen-bond acceptors (Lipinski definition) is 5. The molecule has 7 heteroatoms. The van der Waals surface area contributed by atoms with Gasteiger partial charge in [-0.3, -0.25) is 4.79 Å². The molecule has 0 radical (unpaired) electrons. The molecule has 2 fully saturated rings. The average Bonchev–Trinajstić information content (AvgIpc) is 3.21. The molecule has 1 amide bonds. The van der Waals surface area contributed by atoms with Crippen LogP contribution in [0.4, 0.5) is 0 Å². The summed E-state index contributed by atoms with van der Waals surface area (Å²) in [6.45, 7) is 5.92. The number of nitrogens with one attached hydrogen (secondary N) is 2. The summed E-state index contributed by atoms with van der Waals surface area (Å²) in [5.74, 6) is 0.859. The summed E-state index contributed by atoms with van der Waals surface area (Å²) in [6, 6.07) is 1.76. The maximum absolute atomic E-state index is 12.5. The molecular formula is C24H30N6O. The van der Waals surface area contributed by atoms with Crippen molar-refractivity contribution in [2.24, 2.45) is 5.10 Å². The summed E-state index contributed by atoms with van der Waals surface area (Å²) in [7, 11) is 0. The van der Waals surface area contributed by atoms with Crippen molar-refractivity contribution in [3.8, 4) is 0 Å². The molecule has 7 nitrogen and oxygen atoms in total. The zero-order valence-electron chi connectivity index (χ0n) is 18.2. The molecule has 2 N–H and O–H groups in total. The number of carbonyl (C=O) groups excluding carboxylic acids is 1. The van der Waals surface area contributed by atoms with Gasteiger partial charge < -0.3 is 9.88 Å². The van der Waals surface area contributed by atoms with E-state index in [0.29, 0.717) is 23.0 Å². The van der Waals surface area contributed by atoms with Crippen LogP contribution in [0.25, 0.3) is 6.08 Å². The second-order valence-corrected chi connectivity index (χ2v) is 8.87. The Labute approximate surface area is 183 Å². The number of aromatic nitrogens is 3. The van der Waals surface area contributed by atoms with E-state index in [-0.39, 0.29) is 5.91 Å². The number of H-pyrrole nitrogens is 1. The number of carbonyl (C=O) groups is 1. The minimum atomic E-state index is -0.205. The van der Waals surface area contributed by atoms with Crippen LogP contribution in [0.2, 0.25) is 0 Å². The molecule has 0 unspecified atom stereocenters. The first-order valence-corrected chi connectivity index (χ1v) is 11.5. The maximum Gasteiger partial charge on any atom is 0.273 e. The summed E-state index contributed by atoms with van der Waals surface area (Å²) in [6.07, 6.45) is 14.0. The fraction of sp³-hybridized carbons (Fsp3) is 0.500. The minimum Gasteiger partial charge on any atom is -0.359 e. The van der Waals surface area contributed by atoms with Gasteiger partial charge in [-0.1, -0.05) is 0 Å². The molecule has 1 aliphatic carbocycles. The first-order chi connectivity index (χ1) is 15.2. The van der Waals surface area contributed by atoms with Crippen molar-refractivity contribution in [1.82, 2.24) is 25.3 Å². The zero-order valence-corrected chi connectivity index (χ0v) is 18.2. The van der Waals surface area contributed by atoms with Crippen LogP contribution in [-0.2, 0) is 11.2 Å². The minimum absolute atomic E-state index is 0.205. The van der Waals surface area contributed by atoms with Crippen molar-refractivity contribution >= 4 is 17.7 Å². The Kier molecular flexibility index (Phi) is 5.68. The van der Waals surface area contributed by atoms with Crippen LogP contribution < -0.4 is 5.43 Å². The summed E-state index contributed by atoms with van der Waals surface area (Å²) >= 11 is 0. The van der Waals surface area contributed by atoms with Crippen LogP contribution in [0.15, 0.2) is 29.1 Å². The van der Waals surface area contributed by atoms with E-state index in [9.17, 15) is 4.79 Å². The molecule has 4 heterocycles. The normalized spacial score (nSPS) is 20.5. The van der Waals surface area contributed by atoms with Gasteiger partial charge in [-0.15, -0.1) is 0 Å². The van der Waals surface area contributed by atoms with E-state index >= 15 is 0 Å². The number of nitrogens with zero attached hydrogens (tertiary/aromatic N) is 4. The van der Waals surface area contributed by atoms with Crippen molar-refractivity contribution in [3.05, 3.63) is 52.4 Å². The van der Waals surface area contributed by atoms with Gasteiger partial charge in [0.2, 0.25) is 0 Å². The third kappa shape index (κ3) is 4.32. The lowest BCUT2D eigenvalue weighted by atomic mass is 9.97. The number of rotatable bonds is 8. The Balaban J connectivity index is 1.37. The van der Waals surface area contributed by atoms with E-state index in [1.165, 1.54) is 75.0 Å².